The van der Waals surface area contributed by atoms with Crippen molar-refractivity contribution < 1.29 is 0 Å². The van der Waals surface area contributed by atoms with Gasteiger partial charge in [-0.3, -0.25) is 4.90 Å². The zero-order chi connectivity index (χ0) is 13.0. The van der Waals surface area contributed by atoms with E-state index >= 15 is 0 Å². The minimum atomic E-state index is 0.344. The highest BCUT2D eigenvalue weighted by Crippen LogP contribution is 2.39. The minimum absolute atomic E-state index is 0.344. The zero-order valence-electron chi connectivity index (χ0n) is 12.2. The summed E-state index contributed by atoms with van der Waals surface area (Å²) >= 11 is 2.12. The Morgan fingerprint density at radius 2 is 1.94 bits per heavy atom. The molecule has 1 aliphatic heterocycles. The summed E-state index contributed by atoms with van der Waals surface area (Å²) in [6, 6.07) is 0. The van der Waals surface area contributed by atoms with Crippen molar-refractivity contribution in [2.45, 2.75) is 51.5 Å². The van der Waals surface area contributed by atoms with Gasteiger partial charge in [0.15, 0.2) is 0 Å². The Kier molecular flexibility index (Phi) is 5.40. The number of nitrogens with two attached hydrogens (primary N) is 1. The quantitative estimate of drug-likeness (QED) is 0.855. The third-order valence-electron chi connectivity index (χ3n) is 5.18. The van der Waals surface area contributed by atoms with Crippen LogP contribution in [0.25, 0.3) is 0 Å². The molecule has 0 atom stereocenters. The maximum absolute atomic E-state index is 6.19. The summed E-state index contributed by atoms with van der Waals surface area (Å²) < 4.78 is 0. The van der Waals surface area contributed by atoms with Gasteiger partial charge in [0.05, 0.1) is 0 Å². The maximum atomic E-state index is 6.19. The van der Waals surface area contributed by atoms with Gasteiger partial charge in [0.2, 0.25) is 0 Å². The third kappa shape index (κ3) is 3.23. The molecule has 2 fully saturated rings. The maximum Gasteiger partial charge on any atom is 0.0332 e. The Morgan fingerprint density at radius 1 is 1.22 bits per heavy atom. The summed E-state index contributed by atoms with van der Waals surface area (Å²) in [5.41, 5.74) is 6.54. The van der Waals surface area contributed by atoms with Gasteiger partial charge in [-0.05, 0) is 56.2 Å². The van der Waals surface area contributed by atoms with Gasteiger partial charge in [-0.25, -0.2) is 0 Å². The highest BCUT2D eigenvalue weighted by Gasteiger charge is 2.39. The molecule has 1 heterocycles. The normalized spacial score (nSPS) is 35.7. The Labute approximate surface area is 117 Å². The molecular formula is C15H30N2S. The molecule has 18 heavy (non-hydrogen) atoms. The number of hydrogen-bond donors (Lipinski definition) is 1. The molecule has 0 aromatic carbocycles. The molecule has 0 aromatic heterocycles. The number of rotatable bonds is 3. The van der Waals surface area contributed by atoms with Crippen molar-refractivity contribution in [2.24, 2.45) is 17.6 Å². The first-order valence-corrected chi connectivity index (χ1v) is 8.86. The average Bonchev–Trinajstić information content (AvgIpc) is 2.68. The molecule has 0 spiro atoms. The molecule has 106 valence electrons. The summed E-state index contributed by atoms with van der Waals surface area (Å²) in [6.07, 6.45) is 6.78. The molecule has 0 radical (unpaired) electrons. The molecule has 1 saturated heterocycles. The molecule has 1 aliphatic carbocycles. The lowest BCUT2D eigenvalue weighted by molar-refractivity contribution is 0.0407. The van der Waals surface area contributed by atoms with Crippen molar-refractivity contribution in [3.8, 4) is 0 Å². The summed E-state index contributed by atoms with van der Waals surface area (Å²) in [5.74, 6) is 4.42. The van der Waals surface area contributed by atoms with Crippen molar-refractivity contribution in [3.05, 3.63) is 0 Å². The van der Waals surface area contributed by atoms with E-state index in [-0.39, 0.29) is 0 Å². The van der Waals surface area contributed by atoms with Gasteiger partial charge in [-0.2, -0.15) is 11.8 Å². The Morgan fingerprint density at radius 3 is 2.56 bits per heavy atom. The lowest BCUT2D eigenvalue weighted by atomic mass is 9.72. The second-order valence-electron chi connectivity index (χ2n) is 6.46. The average molecular weight is 270 g/mol. The summed E-state index contributed by atoms with van der Waals surface area (Å²) in [5, 5.41) is 0. The van der Waals surface area contributed by atoms with Crippen LogP contribution in [-0.4, -0.2) is 41.6 Å². The van der Waals surface area contributed by atoms with E-state index in [4.69, 9.17) is 5.73 Å². The Balaban J connectivity index is 1.98. The molecule has 3 heteroatoms. The van der Waals surface area contributed by atoms with Crippen LogP contribution in [0.3, 0.4) is 0 Å². The lowest BCUT2D eigenvalue weighted by Crippen LogP contribution is -2.56. The molecule has 0 aromatic rings. The second-order valence-corrected chi connectivity index (χ2v) is 7.69. The lowest BCUT2D eigenvalue weighted by Gasteiger charge is -2.48. The van der Waals surface area contributed by atoms with Crippen LogP contribution in [0.1, 0.15) is 46.0 Å². The van der Waals surface area contributed by atoms with Crippen molar-refractivity contribution in [3.63, 3.8) is 0 Å². The Hall–Kier alpha value is 0.270. The fraction of sp³-hybridized carbons (Fsp3) is 1.00. The van der Waals surface area contributed by atoms with E-state index in [9.17, 15) is 0 Å². The second kappa shape index (κ2) is 6.62. The third-order valence-corrected chi connectivity index (χ3v) is 6.23. The smallest absolute Gasteiger partial charge is 0.0332 e. The van der Waals surface area contributed by atoms with Crippen molar-refractivity contribution in [1.29, 1.82) is 0 Å². The monoisotopic (exact) mass is 270 g/mol. The van der Waals surface area contributed by atoms with Gasteiger partial charge in [0.1, 0.15) is 0 Å². The van der Waals surface area contributed by atoms with E-state index in [1.165, 1.54) is 56.7 Å². The molecule has 2 rings (SSSR count). The first-order chi connectivity index (χ1) is 8.68. The molecule has 0 unspecified atom stereocenters. The van der Waals surface area contributed by atoms with Crippen LogP contribution in [-0.2, 0) is 0 Å². The van der Waals surface area contributed by atoms with Crippen molar-refractivity contribution in [1.82, 2.24) is 4.90 Å². The first-order valence-electron chi connectivity index (χ1n) is 7.71. The molecule has 2 aliphatic rings. The predicted molar refractivity (Wildman–Crippen MR) is 82.1 cm³/mol. The molecule has 0 amide bonds. The minimum Gasteiger partial charge on any atom is -0.329 e. The molecule has 1 saturated carbocycles. The predicted octanol–water partition coefficient (Wildman–Crippen LogP) is 2.97. The van der Waals surface area contributed by atoms with Gasteiger partial charge in [-0.15, -0.1) is 0 Å². The van der Waals surface area contributed by atoms with Crippen LogP contribution in [0.15, 0.2) is 0 Å². The van der Waals surface area contributed by atoms with E-state index < -0.39 is 0 Å². The largest absolute Gasteiger partial charge is 0.329 e. The van der Waals surface area contributed by atoms with Crippen LogP contribution >= 0.6 is 11.8 Å². The molecule has 2 N–H and O–H groups in total. The number of hydrogen-bond acceptors (Lipinski definition) is 3. The van der Waals surface area contributed by atoms with Crippen LogP contribution in [0.4, 0.5) is 0 Å². The van der Waals surface area contributed by atoms with Crippen molar-refractivity contribution >= 4 is 11.8 Å². The fourth-order valence-corrected chi connectivity index (χ4v) is 4.60. The molecule has 2 nitrogen and oxygen atoms in total. The van der Waals surface area contributed by atoms with Crippen LogP contribution in [0.2, 0.25) is 0 Å². The summed E-state index contributed by atoms with van der Waals surface area (Å²) in [6.45, 7) is 8.15. The SMILES string of the molecule is CC(C)C1CCC(CN)(N2CCCSCC2)CC1. The standard InChI is InChI=1S/C15H30N2S/c1-13(2)14-4-6-15(12-16,7-5-14)17-8-3-10-18-11-9-17/h13-14H,3-12,16H2,1-2H3. The fourth-order valence-electron chi connectivity index (χ4n) is 3.71. The van der Waals surface area contributed by atoms with Gasteiger partial charge in [-0.1, -0.05) is 13.8 Å². The Bertz CT molecular complexity index is 239. The van der Waals surface area contributed by atoms with Crippen molar-refractivity contribution in [2.75, 3.05) is 31.1 Å². The zero-order valence-corrected chi connectivity index (χ0v) is 13.0. The van der Waals surface area contributed by atoms with E-state index in [0.717, 1.165) is 18.4 Å². The highest BCUT2D eigenvalue weighted by atomic mass is 32.2. The van der Waals surface area contributed by atoms with Gasteiger partial charge < -0.3 is 5.73 Å². The molecule has 0 bridgehead atoms. The topological polar surface area (TPSA) is 29.3 Å². The summed E-state index contributed by atoms with van der Waals surface area (Å²) in [7, 11) is 0. The van der Waals surface area contributed by atoms with Gasteiger partial charge in [0.25, 0.3) is 0 Å². The van der Waals surface area contributed by atoms with E-state index in [2.05, 4.69) is 30.5 Å². The van der Waals surface area contributed by atoms with Gasteiger partial charge >= 0.3 is 0 Å². The first kappa shape index (κ1) is 14.7. The van der Waals surface area contributed by atoms with Crippen LogP contribution < -0.4 is 5.73 Å². The highest BCUT2D eigenvalue weighted by molar-refractivity contribution is 7.99. The number of thioether (sulfide) groups is 1. The molecular weight excluding hydrogens is 240 g/mol. The number of nitrogens with zero attached hydrogens (tertiary/aromatic N) is 1. The van der Waals surface area contributed by atoms with E-state index in [1.807, 2.05) is 0 Å². The van der Waals surface area contributed by atoms with E-state index in [0.29, 0.717) is 5.54 Å². The van der Waals surface area contributed by atoms with Crippen LogP contribution in [0, 0.1) is 11.8 Å². The van der Waals surface area contributed by atoms with Crippen LogP contribution in [0.5, 0.6) is 0 Å². The summed E-state index contributed by atoms with van der Waals surface area (Å²) in [4.78, 5) is 2.74. The van der Waals surface area contributed by atoms with E-state index in [1.54, 1.807) is 0 Å². The van der Waals surface area contributed by atoms with Gasteiger partial charge in [0, 0.05) is 24.4 Å².